The molecule has 1 heterocycles. The molecule has 0 saturated carbocycles. The van der Waals surface area contributed by atoms with Gasteiger partial charge in [-0.1, -0.05) is 12.1 Å². The largest absolute Gasteiger partial charge is 0.316 e. The molecule has 2 rings (SSSR count). The summed E-state index contributed by atoms with van der Waals surface area (Å²) in [4.78, 5) is 0. The van der Waals surface area contributed by atoms with Gasteiger partial charge in [0.2, 0.25) is 0 Å². The Bertz CT molecular complexity index is 267. The van der Waals surface area contributed by atoms with E-state index in [2.05, 4.69) is 5.32 Å². The molecule has 0 bridgehead atoms. The van der Waals surface area contributed by atoms with Gasteiger partial charge >= 0.3 is 0 Å². The molecule has 0 amide bonds. The second-order valence-corrected chi connectivity index (χ2v) is 3.59. The highest BCUT2D eigenvalue weighted by Gasteiger charge is 2.14. The number of piperidine rings is 1. The maximum absolute atomic E-state index is 12.6. The van der Waals surface area contributed by atoms with E-state index >= 15 is 0 Å². The van der Waals surface area contributed by atoms with Crippen molar-refractivity contribution in [3.05, 3.63) is 35.6 Å². The molecule has 1 saturated heterocycles. The van der Waals surface area contributed by atoms with Gasteiger partial charge in [0.15, 0.2) is 0 Å². The molecule has 1 unspecified atom stereocenters. The first-order valence-corrected chi connectivity index (χ1v) is 4.82. The third-order valence-electron chi connectivity index (χ3n) is 2.64. The monoisotopic (exact) mass is 215 g/mol. The quantitative estimate of drug-likeness (QED) is 0.760. The minimum Gasteiger partial charge on any atom is -0.316 e. The Balaban J connectivity index is 0.000000980. The van der Waals surface area contributed by atoms with Crippen LogP contribution in [0.2, 0.25) is 0 Å². The Morgan fingerprint density at radius 2 is 1.93 bits per heavy atom. The van der Waals surface area contributed by atoms with Crippen LogP contribution in [-0.2, 0) is 0 Å². The summed E-state index contributed by atoms with van der Waals surface area (Å²) in [5.41, 5.74) is 1.26. The Kier molecular flexibility index (Phi) is 4.36. The first-order chi connectivity index (χ1) is 6.36. The molecular weight excluding hydrogens is 201 g/mol. The molecule has 14 heavy (non-hydrogen) atoms. The van der Waals surface area contributed by atoms with Crippen LogP contribution in [0.3, 0.4) is 0 Å². The molecule has 0 radical (unpaired) electrons. The zero-order chi connectivity index (χ0) is 9.10. The van der Waals surface area contributed by atoms with Crippen LogP contribution >= 0.6 is 12.4 Å². The molecule has 1 aliphatic rings. The minimum absolute atomic E-state index is 0. The van der Waals surface area contributed by atoms with Crippen molar-refractivity contribution >= 4 is 12.4 Å². The zero-order valence-corrected chi connectivity index (χ0v) is 8.82. The number of rotatable bonds is 1. The predicted octanol–water partition coefficient (Wildman–Crippen LogP) is 2.71. The topological polar surface area (TPSA) is 12.0 Å². The van der Waals surface area contributed by atoms with Crippen molar-refractivity contribution in [1.82, 2.24) is 5.32 Å². The summed E-state index contributed by atoms with van der Waals surface area (Å²) in [6.45, 7) is 2.16. The summed E-state index contributed by atoms with van der Waals surface area (Å²) >= 11 is 0. The summed E-state index contributed by atoms with van der Waals surface area (Å²) in [6.07, 6.45) is 2.45. The van der Waals surface area contributed by atoms with Crippen LogP contribution in [0.25, 0.3) is 0 Å². The lowest BCUT2D eigenvalue weighted by atomic mass is 9.92. The first-order valence-electron chi connectivity index (χ1n) is 4.82. The van der Waals surface area contributed by atoms with Crippen LogP contribution in [0, 0.1) is 5.82 Å². The van der Waals surface area contributed by atoms with E-state index in [1.807, 2.05) is 12.1 Å². The molecule has 0 aromatic heterocycles. The highest BCUT2D eigenvalue weighted by Crippen LogP contribution is 2.22. The van der Waals surface area contributed by atoms with Crippen molar-refractivity contribution in [1.29, 1.82) is 0 Å². The van der Waals surface area contributed by atoms with Crippen LogP contribution in [0.15, 0.2) is 24.3 Å². The van der Waals surface area contributed by atoms with Gasteiger partial charge < -0.3 is 5.32 Å². The molecule has 3 heteroatoms. The molecule has 0 spiro atoms. The van der Waals surface area contributed by atoms with Crippen LogP contribution in [0.5, 0.6) is 0 Å². The fraction of sp³-hybridized carbons (Fsp3) is 0.455. The lowest BCUT2D eigenvalue weighted by Gasteiger charge is -2.22. The summed E-state index contributed by atoms with van der Waals surface area (Å²) in [6, 6.07) is 6.88. The van der Waals surface area contributed by atoms with E-state index in [-0.39, 0.29) is 18.2 Å². The highest BCUT2D eigenvalue weighted by molar-refractivity contribution is 5.85. The average Bonchev–Trinajstić information content (AvgIpc) is 2.20. The van der Waals surface area contributed by atoms with E-state index < -0.39 is 0 Å². The van der Waals surface area contributed by atoms with Gasteiger partial charge in [-0.3, -0.25) is 0 Å². The van der Waals surface area contributed by atoms with Crippen molar-refractivity contribution < 1.29 is 4.39 Å². The molecule has 1 nitrogen and oxygen atoms in total. The van der Waals surface area contributed by atoms with Crippen molar-refractivity contribution in [3.8, 4) is 0 Å². The van der Waals surface area contributed by atoms with Gasteiger partial charge in [0.1, 0.15) is 5.82 Å². The van der Waals surface area contributed by atoms with Gasteiger partial charge in [-0.05, 0) is 43.0 Å². The molecule has 1 aromatic carbocycles. The fourth-order valence-corrected chi connectivity index (χ4v) is 1.87. The van der Waals surface area contributed by atoms with E-state index in [1.165, 1.54) is 18.4 Å². The second kappa shape index (κ2) is 5.32. The van der Waals surface area contributed by atoms with Gasteiger partial charge in [0.05, 0.1) is 0 Å². The molecular formula is C11H15ClFN. The number of nitrogens with one attached hydrogen (secondary N) is 1. The summed E-state index contributed by atoms with van der Waals surface area (Å²) in [7, 11) is 0. The fourth-order valence-electron chi connectivity index (χ4n) is 1.87. The summed E-state index contributed by atoms with van der Waals surface area (Å²) < 4.78 is 12.6. The van der Waals surface area contributed by atoms with Gasteiger partial charge in [-0.2, -0.15) is 0 Å². The second-order valence-electron chi connectivity index (χ2n) is 3.59. The predicted molar refractivity (Wildman–Crippen MR) is 58.5 cm³/mol. The lowest BCUT2D eigenvalue weighted by molar-refractivity contribution is 0.461. The third-order valence-corrected chi connectivity index (χ3v) is 2.64. The molecule has 78 valence electrons. The number of hydrogen-bond acceptors (Lipinski definition) is 1. The summed E-state index contributed by atoms with van der Waals surface area (Å²) in [5.74, 6) is 0.432. The van der Waals surface area contributed by atoms with Gasteiger partial charge in [0.25, 0.3) is 0 Å². The number of benzene rings is 1. The zero-order valence-electron chi connectivity index (χ0n) is 8.00. The first kappa shape index (κ1) is 11.5. The molecule has 1 aromatic rings. The average molecular weight is 216 g/mol. The Labute approximate surface area is 90.1 Å². The van der Waals surface area contributed by atoms with E-state index in [9.17, 15) is 4.39 Å². The van der Waals surface area contributed by atoms with Gasteiger partial charge in [-0.25, -0.2) is 4.39 Å². The van der Waals surface area contributed by atoms with Crippen LogP contribution in [0.4, 0.5) is 4.39 Å². The third kappa shape index (κ3) is 2.69. The van der Waals surface area contributed by atoms with Crippen LogP contribution < -0.4 is 5.32 Å². The SMILES string of the molecule is Cl.Fc1ccc(C2CCCNC2)cc1. The smallest absolute Gasteiger partial charge is 0.123 e. The molecule has 1 aliphatic heterocycles. The Morgan fingerprint density at radius 1 is 1.21 bits per heavy atom. The molecule has 0 aliphatic carbocycles. The highest BCUT2D eigenvalue weighted by atomic mass is 35.5. The van der Waals surface area contributed by atoms with E-state index in [0.29, 0.717) is 5.92 Å². The molecule has 1 N–H and O–H groups in total. The van der Waals surface area contributed by atoms with E-state index in [4.69, 9.17) is 0 Å². The Morgan fingerprint density at radius 3 is 2.50 bits per heavy atom. The molecule has 1 fully saturated rings. The Hall–Kier alpha value is -0.600. The van der Waals surface area contributed by atoms with Crippen LogP contribution in [0.1, 0.15) is 24.3 Å². The minimum atomic E-state index is -0.146. The number of halogens is 2. The maximum Gasteiger partial charge on any atom is 0.123 e. The van der Waals surface area contributed by atoms with Gasteiger partial charge in [-0.15, -0.1) is 12.4 Å². The van der Waals surface area contributed by atoms with Crippen molar-refractivity contribution in [2.75, 3.05) is 13.1 Å². The molecule has 1 atom stereocenters. The van der Waals surface area contributed by atoms with Crippen LogP contribution in [-0.4, -0.2) is 13.1 Å². The van der Waals surface area contributed by atoms with Crippen molar-refractivity contribution in [2.24, 2.45) is 0 Å². The number of hydrogen-bond donors (Lipinski definition) is 1. The van der Waals surface area contributed by atoms with Crippen molar-refractivity contribution in [3.63, 3.8) is 0 Å². The van der Waals surface area contributed by atoms with E-state index in [1.54, 1.807) is 12.1 Å². The summed E-state index contributed by atoms with van der Waals surface area (Å²) in [5, 5.41) is 3.35. The lowest BCUT2D eigenvalue weighted by Crippen LogP contribution is -2.28. The van der Waals surface area contributed by atoms with Crippen molar-refractivity contribution in [2.45, 2.75) is 18.8 Å². The van der Waals surface area contributed by atoms with E-state index in [0.717, 1.165) is 13.1 Å². The normalized spacial score (nSPS) is 21.4. The standard InChI is InChI=1S/C11H14FN.ClH/c12-11-5-3-9(4-6-11)10-2-1-7-13-8-10;/h3-6,10,13H,1-2,7-8H2;1H. The maximum atomic E-state index is 12.6. The van der Waals surface area contributed by atoms with Gasteiger partial charge in [0, 0.05) is 6.54 Å².